The number of carbonyl (C=O) groups is 1. The Morgan fingerprint density at radius 2 is 2.07 bits per heavy atom. The second-order valence-corrected chi connectivity index (χ2v) is 6.44. The number of aryl methyl sites for hydroxylation is 1. The van der Waals surface area contributed by atoms with E-state index in [9.17, 15) is 9.90 Å². The summed E-state index contributed by atoms with van der Waals surface area (Å²) in [5.74, 6) is 1.09. The van der Waals surface area contributed by atoms with Crippen molar-refractivity contribution in [3.8, 4) is 34.3 Å². The maximum atomic E-state index is 11.9. The van der Waals surface area contributed by atoms with E-state index in [-0.39, 0.29) is 11.6 Å². The topological polar surface area (TPSA) is 112 Å². The van der Waals surface area contributed by atoms with Crippen LogP contribution >= 0.6 is 0 Å². The van der Waals surface area contributed by atoms with E-state index in [0.29, 0.717) is 35.9 Å². The largest absolute Gasteiger partial charge is 0.507 e. The second-order valence-electron chi connectivity index (χ2n) is 6.44. The predicted octanol–water partition coefficient (Wildman–Crippen LogP) is 2.24. The van der Waals surface area contributed by atoms with Gasteiger partial charge in [0.15, 0.2) is 5.82 Å². The Bertz CT molecular complexity index is 1060. The highest BCUT2D eigenvalue weighted by Gasteiger charge is 2.27. The summed E-state index contributed by atoms with van der Waals surface area (Å²) in [6.07, 6.45) is 1.34. The molecular weight excluding hydrogens is 360 g/mol. The molecule has 0 aliphatic carbocycles. The third-order valence-electron chi connectivity index (χ3n) is 4.86. The molecule has 4 rings (SSSR count). The first-order valence-corrected chi connectivity index (χ1v) is 8.95. The Kier molecular flexibility index (Phi) is 4.38. The average Bonchev–Trinajstić information content (AvgIpc) is 3.36. The Morgan fingerprint density at radius 1 is 1.32 bits per heavy atom. The number of amides is 1. The van der Waals surface area contributed by atoms with Crippen LogP contribution in [0.4, 0.5) is 0 Å². The van der Waals surface area contributed by atoms with Crippen molar-refractivity contribution in [2.75, 3.05) is 13.7 Å². The molecule has 3 aromatic rings. The molecule has 8 heteroatoms. The third-order valence-corrected chi connectivity index (χ3v) is 4.86. The lowest BCUT2D eigenvalue weighted by molar-refractivity contribution is 0.0988. The summed E-state index contributed by atoms with van der Waals surface area (Å²) in [6, 6.07) is 8.89. The molecule has 144 valence electrons. The maximum absolute atomic E-state index is 11.9. The molecule has 0 fully saturated rings. The van der Waals surface area contributed by atoms with Crippen LogP contribution in [0.3, 0.4) is 0 Å². The summed E-state index contributed by atoms with van der Waals surface area (Å²) in [4.78, 5) is 11.9. The van der Waals surface area contributed by atoms with Crippen LogP contribution in [-0.4, -0.2) is 39.5 Å². The summed E-state index contributed by atoms with van der Waals surface area (Å²) < 4.78 is 12.4. The number of hydrogen-bond acceptors (Lipinski definition) is 6. The summed E-state index contributed by atoms with van der Waals surface area (Å²) in [7, 11) is 1.57. The van der Waals surface area contributed by atoms with Gasteiger partial charge in [-0.1, -0.05) is 6.92 Å². The van der Waals surface area contributed by atoms with Crippen molar-refractivity contribution in [3.05, 3.63) is 47.3 Å². The molecule has 2 aromatic carbocycles. The minimum atomic E-state index is -0.714. The molecule has 0 saturated carbocycles. The van der Waals surface area contributed by atoms with Gasteiger partial charge in [-0.15, -0.1) is 10.2 Å². The number of benzene rings is 2. The smallest absolute Gasteiger partial charge is 0.287 e. The van der Waals surface area contributed by atoms with Gasteiger partial charge in [-0.25, -0.2) is 0 Å². The number of nitrogens with two attached hydrogens (primary N) is 1. The SMILES string of the molecule is CCc1cc(-c2nnc(C(N)=O)n2-c2ccc(OC)cc2)c(O)c2c1OCC2. The highest BCUT2D eigenvalue weighted by molar-refractivity contribution is 5.91. The quantitative estimate of drug-likeness (QED) is 0.702. The van der Waals surface area contributed by atoms with Crippen molar-refractivity contribution in [1.82, 2.24) is 14.8 Å². The van der Waals surface area contributed by atoms with Crippen LogP contribution in [0.5, 0.6) is 17.2 Å². The minimum Gasteiger partial charge on any atom is -0.507 e. The van der Waals surface area contributed by atoms with Crippen LogP contribution in [0.25, 0.3) is 17.1 Å². The molecular formula is C20H20N4O4. The van der Waals surface area contributed by atoms with Gasteiger partial charge in [0, 0.05) is 17.7 Å². The fraction of sp³-hybridized carbons (Fsp3) is 0.250. The lowest BCUT2D eigenvalue weighted by Crippen LogP contribution is -2.18. The molecule has 0 atom stereocenters. The minimum absolute atomic E-state index is 0.0191. The number of aromatic nitrogens is 3. The van der Waals surface area contributed by atoms with Gasteiger partial charge in [0.2, 0.25) is 5.82 Å². The number of primary amides is 1. The summed E-state index contributed by atoms with van der Waals surface area (Å²) in [5.41, 5.74) is 8.34. The molecule has 0 spiro atoms. The maximum Gasteiger partial charge on any atom is 0.287 e. The summed E-state index contributed by atoms with van der Waals surface area (Å²) in [6.45, 7) is 2.54. The van der Waals surface area contributed by atoms with Gasteiger partial charge in [0.1, 0.15) is 17.2 Å². The normalized spacial score (nSPS) is 12.5. The number of phenols is 1. The molecule has 1 aliphatic rings. The molecule has 0 unspecified atom stereocenters. The lowest BCUT2D eigenvalue weighted by atomic mass is 9.99. The number of carbonyl (C=O) groups excluding carboxylic acids is 1. The molecule has 0 radical (unpaired) electrons. The molecule has 1 aromatic heterocycles. The molecule has 0 saturated heterocycles. The Hall–Kier alpha value is -3.55. The van der Waals surface area contributed by atoms with Gasteiger partial charge in [-0.05, 0) is 42.3 Å². The van der Waals surface area contributed by atoms with Crippen LogP contribution < -0.4 is 15.2 Å². The Labute approximate surface area is 161 Å². The van der Waals surface area contributed by atoms with Gasteiger partial charge in [-0.3, -0.25) is 9.36 Å². The second kappa shape index (κ2) is 6.88. The number of aromatic hydroxyl groups is 1. The Balaban J connectivity index is 1.95. The van der Waals surface area contributed by atoms with Gasteiger partial charge < -0.3 is 20.3 Å². The van der Waals surface area contributed by atoms with E-state index in [0.717, 1.165) is 23.3 Å². The van der Waals surface area contributed by atoms with Gasteiger partial charge in [-0.2, -0.15) is 0 Å². The van der Waals surface area contributed by atoms with Crippen LogP contribution in [-0.2, 0) is 12.8 Å². The Morgan fingerprint density at radius 3 is 2.71 bits per heavy atom. The van der Waals surface area contributed by atoms with E-state index in [1.165, 1.54) is 0 Å². The highest BCUT2D eigenvalue weighted by atomic mass is 16.5. The molecule has 3 N–H and O–H groups in total. The first-order chi connectivity index (χ1) is 13.5. The number of nitrogens with zero attached hydrogens (tertiary/aromatic N) is 3. The van der Waals surface area contributed by atoms with Crippen LogP contribution in [0.15, 0.2) is 30.3 Å². The van der Waals surface area contributed by atoms with Gasteiger partial charge in [0.25, 0.3) is 5.91 Å². The highest BCUT2D eigenvalue weighted by Crippen LogP contribution is 2.43. The fourth-order valence-electron chi connectivity index (χ4n) is 3.47. The first-order valence-electron chi connectivity index (χ1n) is 8.95. The number of rotatable bonds is 5. The number of hydrogen-bond donors (Lipinski definition) is 2. The fourth-order valence-corrected chi connectivity index (χ4v) is 3.47. The molecule has 8 nitrogen and oxygen atoms in total. The predicted molar refractivity (Wildman–Crippen MR) is 102 cm³/mol. The van der Waals surface area contributed by atoms with Crippen LogP contribution in [0.1, 0.15) is 28.7 Å². The zero-order valence-electron chi connectivity index (χ0n) is 15.6. The van der Waals surface area contributed by atoms with E-state index < -0.39 is 5.91 Å². The van der Waals surface area contributed by atoms with Crippen molar-refractivity contribution in [1.29, 1.82) is 0 Å². The number of methoxy groups -OCH3 is 1. The van der Waals surface area contributed by atoms with Crippen molar-refractivity contribution >= 4 is 5.91 Å². The first kappa shape index (κ1) is 17.8. The third kappa shape index (κ3) is 2.74. The molecule has 0 bridgehead atoms. The van der Waals surface area contributed by atoms with E-state index in [2.05, 4.69) is 10.2 Å². The van der Waals surface area contributed by atoms with Crippen molar-refractivity contribution in [2.24, 2.45) is 5.73 Å². The van der Waals surface area contributed by atoms with Gasteiger partial charge in [0.05, 0.1) is 19.3 Å². The number of ether oxygens (including phenoxy) is 2. The van der Waals surface area contributed by atoms with Crippen LogP contribution in [0, 0.1) is 0 Å². The van der Waals surface area contributed by atoms with E-state index in [1.54, 1.807) is 35.9 Å². The van der Waals surface area contributed by atoms with E-state index in [1.807, 2.05) is 13.0 Å². The van der Waals surface area contributed by atoms with Crippen molar-refractivity contribution in [3.63, 3.8) is 0 Å². The average molecular weight is 380 g/mol. The standard InChI is InChI=1S/C20H20N4O4/c1-3-11-10-15(16(25)14-8-9-28-17(11)14)19-22-23-20(18(21)26)24(19)12-4-6-13(27-2)7-5-12/h4-7,10,25H,3,8-9H2,1-2H3,(H2,21,26). The monoisotopic (exact) mass is 380 g/mol. The van der Waals surface area contributed by atoms with E-state index in [4.69, 9.17) is 15.2 Å². The molecule has 1 amide bonds. The lowest BCUT2D eigenvalue weighted by Gasteiger charge is -2.14. The van der Waals surface area contributed by atoms with Crippen LogP contribution in [0.2, 0.25) is 0 Å². The summed E-state index contributed by atoms with van der Waals surface area (Å²) in [5, 5.41) is 19.0. The molecule has 1 aliphatic heterocycles. The zero-order chi connectivity index (χ0) is 19.8. The number of phenolic OH excluding ortho intramolecular Hbond substituents is 1. The van der Waals surface area contributed by atoms with Crippen molar-refractivity contribution in [2.45, 2.75) is 19.8 Å². The van der Waals surface area contributed by atoms with Crippen molar-refractivity contribution < 1.29 is 19.4 Å². The summed E-state index contributed by atoms with van der Waals surface area (Å²) >= 11 is 0. The number of fused-ring (bicyclic) bond motifs is 1. The zero-order valence-corrected chi connectivity index (χ0v) is 15.6. The molecule has 28 heavy (non-hydrogen) atoms. The van der Waals surface area contributed by atoms with Gasteiger partial charge >= 0.3 is 0 Å². The van der Waals surface area contributed by atoms with E-state index >= 15 is 0 Å². The molecule has 2 heterocycles.